The Balaban J connectivity index is 1.35. The molecule has 3 aromatic rings. The van der Waals surface area contributed by atoms with Crippen LogP contribution in [-0.4, -0.2) is 67.7 Å². The molecule has 1 unspecified atom stereocenters. The summed E-state index contributed by atoms with van der Waals surface area (Å²) in [7, 11) is 3.17. The largest absolute Gasteiger partial charge is 0.497 e. The molecule has 0 saturated carbocycles. The minimum Gasteiger partial charge on any atom is -0.497 e. The van der Waals surface area contributed by atoms with Gasteiger partial charge in [-0.05, 0) is 65.6 Å². The molecule has 2 aliphatic rings. The molecular weight excluding hydrogens is 544 g/mol. The molecule has 0 aromatic heterocycles. The van der Waals surface area contributed by atoms with Crippen LogP contribution >= 0.6 is 11.8 Å². The van der Waals surface area contributed by atoms with Gasteiger partial charge in [-0.25, -0.2) is 0 Å². The molecule has 2 saturated heterocycles. The van der Waals surface area contributed by atoms with Crippen LogP contribution in [0.3, 0.4) is 0 Å². The molecule has 0 radical (unpaired) electrons. The molecule has 212 valence electrons. The van der Waals surface area contributed by atoms with E-state index in [2.05, 4.69) is 5.32 Å². The number of thioether (sulfide) groups is 1. The van der Waals surface area contributed by atoms with Crippen LogP contribution in [0.4, 0.5) is 4.79 Å². The molecular formula is C31H30N2O7S. The molecule has 2 fully saturated rings. The molecule has 3 amide bonds. The predicted molar refractivity (Wildman–Crippen MR) is 156 cm³/mol. The first-order valence-electron chi connectivity index (χ1n) is 13.1. The zero-order valence-corrected chi connectivity index (χ0v) is 23.6. The van der Waals surface area contributed by atoms with Gasteiger partial charge < -0.3 is 23.8 Å². The van der Waals surface area contributed by atoms with Crippen LogP contribution in [0.2, 0.25) is 0 Å². The lowest BCUT2D eigenvalue weighted by atomic mass is 10.0. The van der Waals surface area contributed by atoms with Crippen molar-refractivity contribution in [1.82, 2.24) is 10.2 Å². The SMILES string of the molecule is COc1cc(/C=C(/C(=O)N2CCOCC2)c2ccc(Oc3ccc(CC4SC(=O)NC4=O)cc3)cc2)cc(OC)c1. The molecule has 0 aliphatic carbocycles. The molecule has 10 heteroatoms. The molecule has 3 aromatic carbocycles. The van der Waals surface area contributed by atoms with Gasteiger partial charge in [0, 0.05) is 24.7 Å². The van der Waals surface area contributed by atoms with Crippen LogP contribution in [0.1, 0.15) is 16.7 Å². The van der Waals surface area contributed by atoms with Crippen LogP contribution < -0.4 is 19.5 Å². The van der Waals surface area contributed by atoms with Crippen LogP contribution in [0.25, 0.3) is 11.6 Å². The van der Waals surface area contributed by atoms with Crippen molar-refractivity contribution in [3.05, 3.63) is 83.4 Å². The number of hydrogen-bond donors (Lipinski definition) is 1. The summed E-state index contributed by atoms with van der Waals surface area (Å²) in [5, 5.41) is 1.59. The average Bonchev–Trinajstić information content (AvgIpc) is 3.32. The lowest BCUT2D eigenvalue weighted by molar-refractivity contribution is -0.128. The summed E-state index contributed by atoms with van der Waals surface area (Å²) < 4.78 is 22.3. The number of ether oxygens (including phenoxy) is 4. The molecule has 9 nitrogen and oxygen atoms in total. The summed E-state index contributed by atoms with van der Waals surface area (Å²) in [6, 6.07) is 20.3. The van der Waals surface area contributed by atoms with E-state index in [4.69, 9.17) is 18.9 Å². The first-order valence-corrected chi connectivity index (χ1v) is 14.0. The van der Waals surface area contributed by atoms with E-state index in [0.29, 0.717) is 61.3 Å². The number of hydrogen-bond acceptors (Lipinski definition) is 8. The topological polar surface area (TPSA) is 103 Å². The minimum absolute atomic E-state index is 0.0878. The Morgan fingerprint density at radius 2 is 1.54 bits per heavy atom. The zero-order valence-electron chi connectivity index (χ0n) is 22.8. The highest BCUT2D eigenvalue weighted by molar-refractivity contribution is 8.15. The summed E-state index contributed by atoms with van der Waals surface area (Å²) >= 11 is 1.01. The van der Waals surface area contributed by atoms with E-state index >= 15 is 0 Å². The maximum absolute atomic E-state index is 13.6. The number of nitrogens with zero attached hydrogens (tertiary/aromatic N) is 1. The molecule has 0 bridgehead atoms. The van der Waals surface area contributed by atoms with Crippen molar-refractivity contribution < 1.29 is 33.3 Å². The summed E-state index contributed by atoms with van der Waals surface area (Å²) in [6.45, 7) is 2.05. The highest BCUT2D eigenvalue weighted by Crippen LogP contribution is 2.30. The Morgan fingerprint density at radius 1 is 0.927 bits per heavy atom. The summed E-state index contributed by atoms with van der Waals surface area (Å²) in [6.07, 6.45) is 2.30. The summed E-state index contributed by atoms with van der Waals surface area (Å²) in [4.78, 5) is 38.7. The Bertz CT molecular complexity index is 1430. The fourth-order valence-corrected chi connectivity index (χ4v) is 5.42. The van der Waals surface area contributed by atoms with Gasteiger partial charge in [0.25, 0.3) is 11.1 Å². The van der Waals surface area contributed by atoms with Crippen molar-refractivity contribution >= 4 is 40.5 Å². The van der Waals surface area contributed by atoms with E-state index in [1.165, 1.54) is 0 Å². The smallest absolute Gasteiger partial charge is 0.286 e. The quantitative estimate of drug-likeness (QED) is 0.288. The van der Waals surface area contributed by atoms with Gasteiger partial charge in [0.2, 0.25) is 5.91 Å². The van der Waals surface area contributed by atoms with Crippen molar-refractivity contribution in [2.75, 3.05) is 40.5 Å². The third-order valence-corrected chi connectivity index (χ3v) is 7.71. The van der Waals surface area contributed by atoms with E-state index < -0.39 is 5.25 Å². The minimum atomic E-state index is -0.415. The normalized spacial score (nSPS) is 17.3. The second-order valence-corrected chi connectivity index (χ2v) is 10.6. The van der Waals surface area contributed by atoms with E-state index in [1.54, 1.807) is 25.2 Å². The highest BCUT2D eigenvalue weighted by atomic mass is 32.2. The summed E-state index contributed by atoms with van der Waals surface area (Å²) in [5.74, 6) is 2.15. The fourth-order valence-electron chi connectivity index (χ4n) is 4.56. The predicted octanol–water partition coefficient (Wildman–Crippen LogP) is 4.79. The van der Waals surface area contributed by atoms with Crippen LogP contribution in [0.5, 0.6) is 23.0 Å². The number of rotatable bonds is 9. The van der Waals surface area contributed by atoms with Gasteiger partial charge in [0.05, 0.1) is 32.7 Å². The van der Waals surface area contributed by atoms with Gasteiger partial charge >= 0.3 is 0 Å². The van der Waals surface area contributed by atoms with Gasteiger partial charge in [-0.1, -0.05) is 36.0 Å². The lowest BCUT2D eigenvalue weighted by Crippen LogP contribution is -2.41. The summed E-state index contributed by atoms with van der Waals surface area (Å²) in [5.41, 5.74) is 2.98. The van der Waals surface area contributed by atoms with Crippen LogP contribution in [0.15, 0.2) is 66.7 Å². The molecule has 1 N–H and O–H groups in total. The lowest BCUT2D eigenvalue weighted by Gasteiger charge is -2.28. The van der Waals surface area contributed by atoms with E-state index in [9.17, 15) is 14.4 Å². The van der Waals surface area contributed by atoms with Gasteiger partial charge in [-0.2, -0.15) is 0 Å². The molecule has 1 atom stereocenters. The first kappa shape index (κ1) is 28.3. The highest BCUT2D eigenvalue weighted by Gasteiger charge is 2.31. The number of imide groups is 1. The Labute approximate surface area is 242 Å². The van der Waals surface area contributed by atoms with Crippen LogP contribution in [0, 0.1) is 0 Å². The Hall–Kier alpha value is -4.28. The molecule has 41 heavy (non-hydrogen) atoms. The average molecular weight is 575 g/mol. The second-order valence-electron chi connectivity index (χ2n) is 9.47. The first-order chi connectivity index (χ1) is 19.9. The Morgan fingerprint density at radius 3 is 2.10 bits per heavy atom. The zero-order chi connectivity index (χ0) is 28.8. The molecule has 0 spiro atoms. The maximum Gasteiger partial charge on any atom is 0.286 e. The number of carbonyl (C=O) groups excluding carboxylic acids is 3. The molecule has 2 heterocycles. The number of nitrogens with one attached hydrogen (secondary N) is 1. The van der Waals surface area contributed by atoms with E-state index in [0.717, 1.165) is 28.5 Å². The number of methoxy groups -OCH3 is 2. The van der Waals surface area contributed by atoms with Crippen molar-refractivity contribution in [3.8, 4) is 23.0 Å². The third-order valence-electron chi connectivity index (χ3n) is 6.73. The van der Waals surface area contributed by atoms with Gasteiger partial charge in [-0.3, -0.25) is 19.7 Å². The van der Waals surface area contributed by atoms with E-state index in [1.807, 2.05) is 66.7 Å². The van der Waals surface area contributed by atoms with Crippen molar-refractivity contribution in [2.24, 2.45) is 0 Å². The van der Waals surface area contributed by atoms with Gasteiger partial charge in [0.1, 0.15) is 23.0 Å². The monoisotopic (exact) mass is 574 g/mol. The van der Waals surface area contributed by atoms with Crippen molar-refractivity contribution in [2.45, 2.75) is 11.7 Å². The number of carbonyl (C=O) groups is 3. The maximum atomic E-state index is 13.6. The molecule has 5 rings (SSSR count). The number of amides is 3. The van der Waals surface area contributed by atoms with Crippen molar-refractivity contribution in [1.29, 1.82) is 0 Å². The van der Waals surface area contributed by atoms with Crippen LogP contribution in [-0.2, 0) is 20.7 Å². The van der Waals surface area contributed by atoms with Crippen molar-refractivity contribution in [3.63, 3.8) is 0 Å². The van der Waals surface area contributed by atoms with Gasteiger partial charge in [-0.15, -0.1) is 0 Å². The van der Waals surface area contributed by atoms with E-state index in [-0.39, 0.29) is 17.1 Å². The second kappa shape index (κ2) is 12.9. The number of benzene rings is 3. The Kier molecular flexibility index (Phi) is 8.91. The number of morpholine rings is 1. The standard InChI is InChI=1S/C31H30N2O7S/c1-37-25-15-21(16-26(19-25)38-2)17-27(30(35)33-11-13-39-14-12-33)22-5-9-24(10-6-22)40-23-7-3-20(4-8-23)18-28-29(34)32-31(36)41-28/h3-10,15-17,19,28H,11-14,18H2,1-2H3,(H,32,34,36)/b27-17+. The fraction of sp³-hybridized carbons (Fsp3) is 0.258. The third kappa shape index (κ3) is 7.08. The molecule has 2 aliphatic heterocycles. The van der Waals surface area contributed by atoms with Gasteiger partial charge in [0.15, 0.2) is 0 Å².